The molecule has 4 heteroatoms. The zero-order valence-electron chi connectivity index (χ0n) is 9.95. The predicted octanol–water partition coefficient (Wildman–Crippen LogP) is 0.759. The molecule has 1 atom stereocenters. The Morgan fingerprint density at radius 2 is 2.38 bits per heavy atom. The van der Waals surface area contributed by atoms with Gasteiger partial charge in [-0.15, -0.1) is 0 Å². The molecule has 2 aliphatic heterocycles. The van der Waals surface area contributed by atoms with E-state index in [4.69, 9.17) is 0 Å². The molecule has 0 radical (unpaired) electrons. The first-order valence-corrected chi connectivity index (χ1v) is 6.31. The van der Waals surface area contributed by atoms with Gasteiger partial charge in [-0.05, 0) is 32.4 Å². The van der Waals surface area contributed by atoms with Crippen LogP contribution in [0.25, 0.3) is 0 Å². The fourth-order valence-corrected chi connectivity index (χ4v) is 2.89. The molecule has 3 heterocycles. The van der Waals surface area contributed by atoms with Crippen LogP contribution in [0.1, 0.15) is 24.2 Å². The molecule has 1 saturated heterocycles. The number of nitrogens with one attached hydrogen (secondary N) is 1. The number of hydrogen-bond donors (Lipinski definition) is 1. The van der Waals surface area contributed by atoms with Crippen molar-refractivity contribution in [2.24, 2.45) is 0 Å². The third-order valence-electron chi connectivity index (χ3n) is 3.74. The van der Waals surface area contributed by atoms with Crippen molar-refractivity contribution >= 4 is 0 Å². The van der Waals surface area contributed by atoms with E-state index >= 15 is 0 Å². The van der Waals surface area contributed by atoms with Crippen LogP contribution >= 0.6 is 0 Å². The molecule has 0 saturated carbocycles. The highest BCUT2D eigenvalue weighted by atomic mass is 15.3. The molecule has 88 valence electrons. The minimum atomic E-state index is 0.734. The molecule has 1 aromatic heterocycles. The van der Waals surface area contributed by atoms with Crippen LogP contribution in [0.5, 0.6) is 0 Å². The smallest absolute Gasteiger partial charge is 0.0597 e. The summed E-state index contributed by atoms with van der Waals surface area (Å²) in [6.45, 7) is 7.72. The highest BCUT2D eigenvalue weighted by Crippen LogP contribution is 2.18. The SMILES string of the molecule is Cc1cc2n(n1)CCN([C@@H]1CCCNC1)C2. The van der Waals surface area contributed by atoms with Crippen LogP contribution in [0.2, 0.25) is 0 Å². The van der Waals surface area contributed by atoms with Crippen molar-refractivity contribution in [2.75, 3.05) is 19.6 Å². The van der Waals surface area contributed by atoms with Crippen molar-refractivity contribution < 1.29 is 0 Å². The average Bonchev–Trinajstić information content (AvgIpc) is 2.69. The van der Waals surface area contributed by atoms with Crippen LogP contribution in [0.3, 0.4) is 0 Å². The molecule has 16 heavy (non-hydrogen) atoms. The second kappa shape index (κ2) is 4.18. The molecule has 1 fully saturated rings. The van der Waals surface area contributed by atoms with E-state index in [-0.39, 0.29) is 0 Å². The van der Waals surface area contributed by atoms with Gasteiger partial charge < -0.3 is 5.32 Å². The Kier molecular flexibility index (Phi) is 2.69. The molecule has 3 rings (SSSR count). The first kappa shape index (κ1) is 10.3. The molecule has 0 aliphatic carbocycles. The van der Waals surface area contributed by atoms with E-state index in [1.165, 1.54) is 25.1 Å². The monoisotopic (exact) mass is 220 g/mol. The lowest BCUT2D eigenvalue weighted by Gasteiger charge is -2.37. The van der Waals surface area contributed by atoms with E-state index in [0.29, 0.717) is 0 Å². The lowest BCUT2D eigenvalue weighted by molar-refractivity contribution is 0.128. The lowest BCUT2D eigenvalue weighted by Crippen LogP contribution is -2.48. The van der Waals surface area contributed by atoms with E-state index in [0.717, 1.165) is 37.9 Å². The maximum atomic E-state index is 4.51. The first-order valence-electron chi connectivity index (χ1n) is 6.31. The minimum absolute atomic E-state index is 0.734. The molecule has 0 bridgehead atoms. The van der Waals surface area contributed by atoms with E-state index < -0.39 is 0 Å². The maximum Gasteiger partial charge on any atom is 0.0597 e. The molecule has 2 aliphatic rings. The van der Waals surface area contributed by atoms with E-state index in [1.54, 1.807) is 0 Å². The third-order valence-corrected chi connectivity index (χ3v) is 3.74. The summed E-state index contributed by atoms with van der Waals surface area (Å²) < 4.78 is 2.17. The number of fused-ring (bicyclic) bond motifs is 1. The van der Waals surface area contributed by atoms with Gasteiger partial charge in [-0.25, -0.2) is 0 Å². The van der Waals surface area contributed by atoms with E-state index in [1.807, 2.05) is 0 Å². The highest BCUT2D eigenvalue weighted by Gasteiger charge is 2.25. The molecular weight excluding hydrogens is 200 g/mol. The Labute approximate surface area is 96.6 Å². The summed E-state index contributed by atoms with van der Waals surface area (Å²) in [6.07, 6.45) is 2.67. The van der Waals surface area contributed by atoms with Gasteiger partial charge in [-0.2, -0.15) is 5.10 Å². The van der Waals surface area contributed by atoms with Gasteiger partial charge in [-0.3, -0.25) is 9.58 Å². The highest BCUT2D eigenvalue weighted by molar-refractivity contribution is 5.10. The molecule has 0 unspecified atom stereocenters. The molecule has 0 spiro atoms. The number of nitrogens with zero attached hydrogens (tertiary/aromatic N) is 3. The van der Waals surface area contributed by atoms with Crippen LogP contribution in [0.4, 0.5) is 0 Å². The summed E-state index contributed by atoms with van der Waals surface area (Å²) in [5.41, 5.74) is 2.54. The fraction of sp³-hybridized carbons (Fsp3) is 0.750. The number of aryl methyl sites for hydroxylation is 1. The summed E-state index contributed by atoms with van der Waals surface area (Å²) in [5.74, 6) is 0. The lowest BCUT2D eigenvalue weighted by atomic mass is 10.0. The summed E-state index contributed by atoms with van der Waals surface area (Å²) in [7, 11) is 0. The van der Waals surface area contributed by atoms with Crippen molar-refractivity contribution in [3.8, 4) is 0 Å². The standard InChI is InChI=1S/C12H20N4/c1-10-7-12-9-15(5-6-16(12)14-10)11-3-2-4-13-8-11/h7,11,13H,2-6,8-9H2,1H3/t11-/m1/s1. The fourth-order valence-electron chi connectivity index (χ4n) is 2.89. The van der Waals surface area contributed by atoms with Crippen molar-refractivity contribution in [1.29, 1.82) is 0 Å². The Morgan fingerprint density at radius 1 is 1.44 bits per heavy atom. The Morgan fingerprint density at radius 3 is 3.19 bits per heavy atom. The zero-order valence-corrected chi connectivity index (χ0v) is 9.95. The quantitative estimate of drug-likeness (QED) is 0.758. The maximum absolute atomic E-state index is 4.51. The summed E-state index contributed by atoms with van der Waals surface area (Å²) in [6, 6.07) is 2.96. The Hall–Kier alpha value is -0.870. The number of piperidine rings is 1. The van der Waals surface area contributed by atoms with Crippen LogP contribution < -0.4 is 5.32 Å². The molecule has 0 amide bonds. The first-order chi connectivity index (χ1) is 7.83. The van der Waals surface area contributed by atoms with Gasteiger partial charge in [0.1, 0.15) is 0 Å². The molecular formula is C12H20N4. The van der Waals surface area contributed by atoms with Gasteiger partial charge in [0.2, 0.25) is 0 Å². The Bertz CT molecular complexity index is 365. The molecule has 1 aromatic rings. The van der Waals surface area contributed by atoms with Crippen LogP contribution in [-0.4, -0.2) is 40.4 Å². The van der Waals surface area contributed by atoms with Crippen LogP contribution in [0.15, 0.2) is 6.07 Å². The summed E-state index contributed by atoms with van der Waals surface area (Å²) in [4.78, 5) is 2.61. The predicted molar refractivity (Wildman–Crippen MR) is 63.3 cm³/mol. The van der Waals surface area contributed by atoms with Crippen molar-refractivity contribution in [3.63, 3.8) is 0 Å². The van der Waals surface area contributed by atoms with Crippen molar-refractivity contribution in [3.05, 3.63) is 17.5 Å². The normalized spacial score (nSPS) is 26.7. The second-order valence-corrected chi connectivity index (χ2v) is 4.97. The van der Waals surface area contributed by atoms with E-state index in [2.05, 4.69) is 33.0 Å². The zero-order chi connectivity index (χ0) is 11.0. The van der Waals surface area contributed by atoms with Crippen LogP contribution in [0, 0.1) is 6.92 Å². The van der Waals surface area contributed by atoms with Crippen LogP contribution in [-0.2, 0) is 13.1 Å². The van der Waals surface area contributed by atoms with Gasteiger partial charge in [0.05, 0.1) is 17.9 Å². The minimum Gasteiger partial charge on any atom is -0.315 e. The number of rotatable bonds is 1. The number of hydrogen-bond acceptors (Lipinski definition) is 3. The van der Waals surface area contributed by atoms with E-state index in [9.17, 15) is 0 Å². The third kappa shape index (κ3) is 1.87. The van der Waals surface area contributed by atoms with Gasteiger partial charge in [0.25, 0.3) is 0 Å². The second-order valence-electron chi connectivity index (χ2n) is 4.97. The topological polar surface area (TPSA) is 33.1 Å². The molecule has 0 aromatic carbocycles. The molecule has 4 nitrogen and oxygen atoms in total. The van der Waals surface area contributed by atoms with Gasteiger partial charge >= 0.3 is 0 Å². The summed E-state index contributed by atoms with van der Waals surface area (Å²) >= 11 is 0. The van der Waals surface area contributed by atoms with Crippen molar-refractivity contribution in [1.82, 2.24) is 20.0 Å². The van der Waals surface area contributed by atoms with Gasteiger partial charge in [0.15, 0.2) is 0 Å². The Balaban J connectivity index is 1.71. The largest absolute Gasteiger partial charge is 0.315 e. The number of aromatic nitrogens is 2. The molecule has 1 N–H and O–H groups in total. The summed E-state index contributed by atoms with van der Waals surface area (Å²) in [5, 5.41) is 8.00. The van der Waals surface area contributed by atoms with Gasteiger partial charge in [-0.1, -0.05) is 0 Å². The van der Waals surface area contributed by atoms with Gasteiger partial charge in [0, 0.05) is 25.7 Å². The van der Waals surface area contributed by atoms with Crippen molar-refractivity contribution in [2.45, 2.75) is 38.9 Å². The average molecular weight is 220 g/mol.